The fourth-order valence-electron chi connectivity index (χ4n) is 2.58. The summed E-state index contributed by atoms with van der Waals surface area (Å²) in [5.41, 5.74) is 4.07. The number of nitrogens with zero attached hydrogens (tertiary/aromatic N) is 1. The van der Waals surface area contributed by atoms with Gasteiger partial charge in [0.15, 0.2) is 0 Å². The van der Waals surface area contributed by atoms with E-state index in [1.165, 1.54) is 29.8 Å². The summed E-state index contributed by atoms with van der Waals surface area (Å²) in [5, 5.41) is 2.80. The summed E-state index contributed by atoms with van der Waals surface area (Å²) in [7, 11) is 0. The highest BCUT2D eigenvalue weighted by Crippen LogP contribution is 2.19. The van der Waals surface area contributed by atoms with Crippen LogP contribution in [0.5, 0.6) is 0 Å². The van der Waals surface area contributed by atoms with Crippen molar-refractivity contribution in [2.75, 3.05) is 5.32 Å². The van der Waals surface area contributed by atoms with Gasteiger partial charge < -0.3 is 5.32 Å². The van der Waals surface area contributed by atoms with Crippen LogP contribution in [0.15, 0.2) is 77.8 Å². The van der Waals surface area contributed by atoms with Gasteiger partial charge in [-0.05, 0) is 59.5 Å². The molecule has 0 unspecified atom stereocenters. The summed E-state index contributed by atoms with van der Waals surface area (Å²) in [6, 6.07) is 21.0. The second-order valence-electron chi connectivity index (χ2n) is 6.59. The Hall–Kier alpha value is -3.27. The number of carbonyl (C=O) groups excluding carboxylic acids is 1. The van der Waals surface area contributed by atoms with Gasteiger partial charge in [0.1, 0.15) is 5.82 Å². The Bertz CT molecular complexity index is 945. The normalized spacial score (nSPS) is 11.1. The predicted molar refractivity (Wildman–Crippen MR) is 109 cm³/mol. The molecule has 1 N–H and O–H groups in total. The molecule has 136 valence electrons. The quantitative estimate of drug-likeness (QED) is 0.561. The summed E-state index contributed by atoms with van der Waals surface area (Å²) >= 11 is 0. The molecule has 0 aliphatic carbocycles. The van der Waals surface area contributed by atoms with Crippen molar-refractivity contribution in [2.24, 2.45) is 4.99 Å². The van der Waals surface area contributed by atoms with Crippen LogP contribution in [0.1, 0.15) is 41.3 Å². The highest BCUT2D eigenvalue weighted by atomic mass is 19.1. The maximum Gasteiger partial charge on any atom is 0.255 e. The summed E-state index contributed by atoms with van der Waals surface area (Å²) in [5.74, 6) is -0.165. The van der Waals surface area contributed by atoms with Crippen LogP contribution in [0, 0.1) is 5.82 Å². The summed E-state index contributed by atoms with van der Waals surface area (Å²) in [6.07, 6.45) is 1.80. The summed E-state index contributed by atoms with van der Waals surface area (Å²) in [4.78, 5) is 16.7. The largest absolute Gasteiger partial charge is 0.322 e. The number of nitrogens with one attached hydrogen (secondary N) is 1. The number of halogens is 1. The minimum atomic E-state index is -0.371. The predicted octanol–water partition coefficient (Wildman–Crippen LogP) is 5.95. The first-order valence-corrected chi connectivity index (χ1v) is 8.82. The number of carbonyl (C=O) groups is 1. The van der Waals surface area contributed by atoms with E-state index in [1.807, 2.05) is 24.3 Å². The van der Waals surface area contributed by atoms with E-state index in [2.05, 4.69) is 36.3 Å². The van der Waals surface area contributed by atoms with E-state index in [0.29, 0.717) is 17.2 Å². The molecule has 0 saturated carbocycles. The van der Waals surface area contributed by atoms with Gasteiger partial charge in [0.2, 0.25) is 0 Å². The van der Waals surface area contributed by atoms with Crippen molar-refractivity contribution in [1.82, 2.24) is 0 Å². The van der Waals surface area contributed by atoms with Crippen LogP contribution < -0.4 is 5.32 Å². The molecule has 3 rings (SSSR count). The molecule has 3 nitrogen and oxygen atoms in total. The van der Waals surface area contributed by atoms with E-state index in [1.54, 1.807) is 18.3 Å². The monoisotopic (exact) mass is 360 g/mol. The molecule has 0 fully saturated rings. The molecule has 0 heterocycles. The standard InChI is InChI=1S/C23H21FN2O/c1-16(2)18-8-6-17(7-9-18)15-25-21-4-3-5-22(14-21)26-23(27)19-10-12-20(24)13-11-19/h3-16H,1-2H3,(H,26,27). The van der Waals surface area contributed by atoms with E-state index in [9.17, 15) is 9.18 Å². The Morgan fingerprint density at radius 1 is 1.00 bits per heavy atom. The lowest BCUT2D eigenvalue weighted by Crippen LogP contribution is -2.11. The lowest BCUT2D eigenvalue weighted by atomic mass is 10.0. The highest BCUT2D eigenvalue weighted by molar-refractivity contribution is 6.04. The van der Waals surface area contributed by atoms with Gasteiger partial charge in [0, 0.05) is 17.5 Å². The van der Waals surface area contributed by atoms with Crippen molar-refractivity contribution in [1.29, 1.82) is 0 Å². The third kappa shape index (κ3) is 5.11. The lowest BCUT2D eigenvalue weighted by Gasteiger charge is -2.06. The Morgan fingerprint density at radius 2 is 1.70 bits per heavy atom. The number of aliphatic imine (C=N–C) groups is 1. The molecular formula is C23H21FN2O. The fraction of sp³-hybridized carbons (Fsp3) is 0.130. The second-order valence-corrected chi connectivity index (χ2v) is 6.59. The van der Waals surface area contributed by atoms with Gasteiger partial charge in [-0.3, -0.25) is 9.79 Å². The minimum absolute atomic E-state index is 0.291. The average molecular weight is 360 g/mol. The summed E-state index contributed by atoms with van der Waals surface area (Å²) in [6.45, 7) is 4.32. The van der Waals surface area contributed by atoms with Gasteiger partial charge in [-0.2, -0.15) is 0 Å². The topological polar surface area (TPSA) is 41.5 Å². The summed E-state index contributed by atoms with van der Waals surface area (Å²) < 4.78 is 13.0. The zero-order valence-electron chi connectivity index (χ0n) is 15.3. The van der Waals surface area contributed by atoms with Crippen molar-refractivity contribution in [3.8, 4) is 0 Å². The van der Waals surface area contributed by atoms with Crippen LogP contribution in [-0.2, 0) is 0 Å². The number of hydrogen-bond acceptors (Lipinski definition) is 2. The van der Waals surface area contributed by atoms with E-state index >= 15 is 0 Å². The smallest absolute Gasteiger partial charge is 0.255 e. The van der Waals surface area contributed by atoms with Crippen LogP contribution in [-0.4, -0.2) is 12.1 Å². The molecule has 0 aliphatic rings. The van der Waals surface area contributed by atoms with Crippen molar-refractivity contribution >= 4 is 23.5 Å². The van der Waals surface area contributed by atoms with Crippen molar-refractivity contribution in [2.45, 2.75) is 19.8 Å². The molecule has 1 amide bonds. The first-order valence-electron chi connectivity index (χ1n) is 8.82. The van der Waals surface area contributed by atoms with Crippen molar-refractivity contribution in [3.63, 3.8) is 0 Å². The van der Waals surface area contributed by atoms with Crippen molar-refractivity contribution in [3.05, 3.63) is 95.3 Å². The number of hydrogen-bond donors (Lipinski definition) is 1. The molecule has 0 aliphatic heterocycles. The van der Waals surface area contributed by atoms with E-state index in [4.69, 9.17) is 0 Å². The minimum Gasteiger partial charge on any atom is -0.322 e. The van der Waals surface area contributed by atoms with Crippen LogP contribution in [0.2, 0.25) is 0 Å². The van der Waals surface area contributed by atoms with E-state index < -0.39 is 0 Å². The number of amides is 1. The van der Waals surface area contributed by atoms with Gasteiger partial charge in [0.05, 0.1) is 5.69 Å². The van der Waals surface area contributed by atoms with Gasteiger partial charge >= 0.3 is 0 Å². The van der Waals surface area contributed by atoms with Crippen LogP contribution >= 0.6 is 0 Å². The molecule has 4 heteroatoms. The number of rotatable bonds is 5. The van der Waals surface area contributed by atoms with E-state index in [-0.39, 0.29) is 11.7 Å². The molecule has 0 atom stereocenters. The lowest BCUT2D eigenvalue weighted by molar-refractivity contribution is 0.102. The Kier molecular flexibility index (Phi) is 5.77. The third-order valence-corrected chi connectivity index (χ3v) is 4.18. The van der Waals surface area contributed by atoms with Gasteiger partial charge in [-0.1, -0.05) is 44.2 Å². The fourth-order valence-corrected chi connectivity index (χ4v) is 2.58. The average Bonchev–Trinajstić information content (AvgIpc) is 2.67. The molecule has 3 aromatic carbocycles. The van der Waals surface area contributed by atoms with Crippen LogP contribution in [0.25, 0.3) is 0 Å². The molecule has 3 aromatic rings. The second kappa shape index (κ2) is 8.41. The van der Waals surface area contributed by atoms with E-state index in [0.717, 1.165) is 11.3 Å². The zero-order chi connectivity index (χ0) is 19.2. The first-order chi connectivity index (χ1) is 13.0. The Morgan fingerprint density at radius 3 is 2.37 bits per heavy atom. The molecular weight excluding hydrogens is 339 g/mol. The first kappa shape index (κ1) is 18.5. The van der Waals surface area contributed by atoms with Crippen LogP contribution in [0.4, 0.5) is 15.8 Å². The molecule has 0 bridgehead atoms. The SMILES string of the molecule is CC(C)c1ccc(C=Nc2cccc(NC(=O)c3ccc(F)cc3)c2)cc1. The van der Waals surface area contributed by atoms with Gasteiger partial charge in [-0.25, -0.2) is 4.39 Å². The Labute approximate surface area is 158 Å². The highest BCUT2D eigenvalue weighted by Gasteiger charge is 2.06. The molecule has 0 radical (unpaired) electrons. The molecule has 0 aromatic heterocycles. The molecule has 0 spiro atoms. The number of anilines is 1. The zero-order valence-corrected chi connectivity index (χ0v) is 15.3. The molecule has 0 saturated heterocycles. The van der Waals surface area contributed by atoms with Crippen molar-refractivity contribution < 1.29 is 9.18 Å². The van der Waals surface area contributed by atoms with Gasteiger partial charge in [0.25, 0.3) is 5.91 Å². The maximum absolute atomic E-state index is 13.0. The third-order valence-electron chi connectivity index (χ3n) is 4.18. The van der Waals surface area contributed by atoms with Gasteiger partial charge in [-0.15, -0.1) is 0 Å². The molecule has 27 heavy (non-hydrogen) atoms. The van der Waals surface area contributed by atoms with Crippen LogP contribution in [0.3, 0.4) is 0 Å². The maximum atomic E-state index is 13.0. The number of benzene rings is 3. The Balaban J connectivity index is 1.69.